The summed E-state index contributed by atoms with van der Waals surface area (Å²) >= 11 is 0. The smallest absolute Gasteiger partial charge is 0.137 e. The van der Waals surface area contributed by atoms with Gasteiger partial charge in [-0.1, -0.05) is 0 Å². The number of aromatic nitrogens is 2. The number of nitrogens with one attached hydrogen (secondary N) is 1. The fourth-order valence-corrected chi connectivity index (χ4v) is 2.64. The number of aryl methyl sites for hydroxylation is 1. The van der Waals surface area contributed by atoms with E-state index in [1.54, 1.807) is 0 Å². The lowest BCUT2D eigenvalue weighted by atomic mass is 10.2. The van der Waals surface area contributed by atoms with Crippen molar-refractivity contribution < 1.29 is 0 Å². The molecule has 0 saturated carbocycles. The number of imidazole rings is 1. The van der Waals surface area contributed by atoms with Crippen molar-refractivity contribution in [2.75, 3.05) is 19.6 Å². The quantitative estimate of drug-likeness (QED) is 0.911. The number of fused-ring (bicyclic) bond motifs is 1. The van der Waals surface area contributed by atoms with Crippen LogP contribution in [-0.4, -0.2) is 40.0 Å². The van der Waals surface area contributed by atoms with Gasteiger partial charge in [0.25, 0.3) is 0 Å². The number of rotatable bonds is 2. The average molecular weight is 281 g/mol. The normalized spacial score (nSPS) is 20.4. The van der Waals surface area contributed by atoms with Gasteiger partial charge in [0.15, 0.2) is 0 Å². The third kappa shape index (κ3) is 3.08. The van der Waals surface area contributed by atoms with E-state index in [1.165, 1.54) is 11.3 Å². The van der Waals surface area contributed by atoms with Crippen LogP contribution >= 0.6 is 12.4 Å². The van der Waals surface area contributed by atoms with Gasteiger partial charge in [0.05, 0.1) is 11.9 Å². The van der Waals surface area contributed by atoms with Crippen LogP contribution in [0.2, 0.25) is 0 Å². The number of hydrogen-bond donors (Lipinski definition) is 1. The molecule has 3 rings (SSSR count). The maximum Gasteiger partial charge on any atom is 0.137 e. The Labute approximate surface area is 120 Å². The van der Waals surface area contributed by atoms with Gasteiger partial charge in [-0.15, -0.1) is 12.4 Å². The summed E-state index contributed by atoms with van der Waals surface area (Å²) in [5, 5.41) is 3.47. The van der Waals surface area contributed by atoms with Crippen molar-refractivity contribution in [1.82, 2.24) is 19.6 Å². The highest BCUT2D eigenvalue weighted by molar-refractivity contribution is 5.85. The van der Waals surface area contributed by atoms with Crippen LogP contribution in [0.1, 0.15) is 18.2 Å². The van der Waals surface area contributed by atoms with Gasteiger partial charge in [-0.3, -0.25) is 4.90 Å². The molecule has 19 heavy (non-hydrogen) atoms. The van der Waals surface area contributed by atoms with E-state index in [9.17, 15) is 0 Å². The molecule has 0 bridgehead atoms. The predicted octanol–water partition coefficient (Wildman–Crippen LogP) is 1.86. The minimum absolute atomic E-state index is 0. The van der Waals surface area contributed by atoms with Crippen LogP contribution in [0, 0.1) is 6.92 Å². The van der Waals surface area contributed by atoms with Crippen molar-refractivity contribution in [3.8, 4) is 0 Å². The molecule has 104 valence electrons. The van der Waals surface area contributed by atoms with E-state index in [2.05, 4.69) is 51.8 Å². The highest BCUT2D eigenvalue weighted by atomic mass is 35.5. The summed E-state index contributed by atoms with van der Waals surface area (Å²) in [5.74, 6) is 0. The first-order valence-electron chi connectivity index (χ1n) is 6.61. The van der Waals surface area contributed by atoms with E-state index in [0.29, 0.717) is 6.04 Å². The van der Waals surface area contributed by atoms with Gasteiger partial charge in [-0.05, 0) is 31.5 Å². The van der Waals surface area contributed by atoms with E-state index in [-0.39, 0.29) is 12.4 Å². The SMILES string of the molecule is Cc1ccn2c(CN3CCN[C@@H](C)C3)cnc2c1.Cl. The molecule has 0 aliphatic carbocycles. The minimum atomic E-state index is 0. The van der Waals surface area contributed by atoms with Crippen molar-refractivity contribution in [2.24, 2.45) is 0 Å². The summed E-state index contributed by atoms with van der Waals surface area (Å²) in [5.41, 5.74) is 3.59. The van der Waals surface area contributed by atoms with Crippen LogP contribution in [0.15, 0.2) is 24.5 Å². The molecule has 0 aromatic carbocycles. The Balaban J connectivity index is 0.00000133. The number of hydrogen-bond acceptors (Lipinski definition) is 3. The summed E-state index contributed by atoms with van der Waals surface area (Å²) < 4.78 is 2.19. The van der Waals surface area contributed by atoms with Gasteiger partial charge >= 0.3 is 0 Å². The second-order valence-electron chi connectivity index (χ2n) is 5.27. The minimum Gasteiger partial charge on any atom is -0.312 e. The fraction of sp³-hybridized carbons (Fsp3) is 0.500. The monoisotopic (exact) mass is 280 g/mol. The molecule has 0 unspecified atom stereocenters. The summed E-state index contributed by atoms with van der Waals surface area (Å²) in [6.45, 7) is 8.63. The summed E-state index contributed by atoms with van der Waals surface area (Å²) in [6, 6.07) is 4.85. The zero-order valence-electron chi connectivity index (χ0n) is 11.5. The van der Waals surface area contributed by atoms with Crippen LogP contribution in [-0.2, 0) is 6.54 Å². The van der Waals surface area contributed by atoms with Crippen LogP contribution in [0.4, 0.5) is 0 Å². The van der Waals surface area contributed by atoms with E-state index in [4.69, 9.17) is 0 Å². The third-order valence-electron chi connectivity index (χ3n) is 3.58. The number of piperazine rings is 1. The molecular formula is C14H21ClN4. The number of nitrogens with zero attached hydrogens (tertiary/aromatic N) is 3. The Morgan fingerprint density at radius 2 is 2.32 bits per heavy atom. The Morgan fingerprint density at radius 3 is 3.11 bits per heavy atom. The van der Waals surface area contributed by atoms with Gasteiger partial charge in [-0.2, -0.15) is 0 Å². The van der Waals surface area contributed by atoms with Crippen molar-refractivity contribution in [3.63, 3.8) is 0 Å². The molecule has 0 spiro atoms. The van der Waals surface area contributed by atoms with Gasteiger partial charge in [-0.25, -0.2) is 4.98 Å². The fourth-order valence-electron chi connectivity index (χ4n) is 2.64. The van der Waals surface area contributed by atoms with Gasteiger partial charge < -0.3 is 9.72 Å². The maximum absolute atomic E-state index is 4.48. The predicted molar refractivity (Wildman–Crippen MR) is 79.9 cm³/mol. The molecule has 1 fully saturated rings. The van der Waals surface area contributed by atoms with E-state index >= 15 is 0 Å². The standard InChI is InChI=1S/C14H20N4.ClH/c1-11-3-5-18-13(8-16-14(18)7-11)10-17-6-4-15-12(2)9-17;/h3,5,7-8,12,15H,4,6,9-10H2,1-2H3;1H/t12-;/m0./s1. The Morgan fingerprint density at radius 1 is 1.47 bits per heavy atom. The molecule has 1 atom stereocenters. The summed E-state index contributed by atoms with van der Waals surface area (Å²) in [6.07, 6.45) is 4.13. The highest BCUT2D eigenvalue weighted by Crippen LogP contribution is 2.12. The van der Waals surface area contributed by atoms with Crippen LogP contribution < -0.4 is 5.32 Å². The molecular weight excluding hydrogens is 260 g/mol. The first-order valence-corrected chi connectivity index (χ1v) is 6.61. The maximum atomic E-state index is 4.48. The van der Waals surface area contributed by atoms with Crippen LogP contribution in [0.25, 0.3) is 5.65 Å². The van der Waals surface area contributed by atoms with Crippen molar-refractivity contribution in [3.05, 3.63) is 35.8 Å². The zero-order valence-corrected chi connectivity index (χ0v) is 12.3. The molecule has 1 N–H and O–H groups in total. The van der Waals surface area contributed by atoms with Gasteiger partial charge in [0.2, 0.25) is 0 Å². The van der Waals surface area contributed by atoms with Crippen LogP contribution in [0.3, 0.4) is 0 Å². The lowest BCUT2D eigenvalue weighted by Crippen LogP contribution is -2.48. The third-order valence-corrected chi connectivity index (χ3v) is 3.58. The molecule has 1 aliphatic rings. The second kappa shape index (κ2) is 5.90. The van der Waals surface area contributed by atoms with Gasteiger partial charge in [0.1, 0.15) is 5.65 Å². The molecule has 0 radical (unpaired) electrons. The molecule has 2 aromatic rings. The van der Waals surface area contributed by atoms with Crippen molar-refractivity contribution in [2.45, 2.75) is 26.4 Å². The topological polar surface area (TPSA) is 32.6 Å². The van der Waals surface area contributed by atoms with Gasteiger partial charge in [0, 0.05) is 38.4 Å². The first-order chi connectivity index (χ1) is 8.72. The highest BCUT2D eigenvalue weighted by Gasteiger charge is 2.16. The molecule has 0 amide bonds. The number of halogens is 1. The molecule has 1 aliphatic heterocycles. The number of pyridine rings is 1. The Hall–Kier alpha value is -1.10. The van der Waals surface area contributed by atoms with E-state index < -0.39 is 0 Å². The van der Waals surface area contributed by atoms with Crippen LogP contribution in [0.5, 0.6) is 0 Å². The summed E-state index contributed by atoms with van der Waals surface area (Å²) in [7, 11) is 0. The van der Waals surface area contributed by atoms with Crippen molar-refractivity contribution in [1.29, 1.82) is 0 Å². The molecule has 4 nitrogen and oxygen atoms in total. The van der Waals surface area contributed by atoms with E-state index in [0.717, 1.165) is 31.8 Å². The molecule has 1 saturated heterocycles. The summed E-state index contributed by atoms with van der Waals surface area (Å²) in [4.78, 5) is 6.98. The first kappa shape index (κ1) is 14.3. The zero-order chi connectivity index (χ0) is 12.5. The molecule has 3 heterocycles. The largest absolute Gasteiger partial charge is 0.312 e. The molecule has 2 aromatic heterocycles. The lowest BCUT2D eigenvalue weighted by molar-refractivity contribution is 0.197. The van der Waals surface area contributed by atoms with Crippen molar-refractivity contribution >= 4 is 18.1 Å². The average Bonchev–Trinajstić information content (AvgIpc) is 2.72. The lowest BCUT2D eigenvalue weighted by Gasteiger charge is -2.31. The molecule has 5 heteroatoms. The van der Waals surface area contributed by atoms with E-state index in [1.807, 2.05) is 6.20 Å². The second-order valence-corrected chi connectivity index (χ2v) is 5.27. The Bertz CT molecular complexity index is 551. The Kier molecular flexibility index (Phi) is 4.45.